The van der Waals surface area contributed by atoms with Crippen LogP contribution in [-0.4, -0.2) is 17.7 Å². The van der Waals surface area contributed by atoms with Gasteiger partial charge in [-0.3, -0.25) is 14.4 Å². The van der Waals surface area contributed by atoms with Gasteiger partial charge in [-0.2, -0.15) is 0 Å². The molecule has 3 amide bonds. The first-order valence-corrected chi connectivity index (χ1v) is 8.17. The Morgan fingerprint density at radius 1 is 0.846 bits per heavy atom. The van der Waals surface area contributed by atoms with Gasteiger partial charge in [0.15, 0.2) is 0 Å². The maximum Gasteiger partial charge on any atom is 0.228 e. The molecule has 1 aliphatic carbocycles. The molecule has 1 saturated carbocycles. The SMILES string of the molecule is CC(=O)Nc1cccc(NC(=O)C2CC2C(=O)Nc2cccc(F)c2)c1. The number of nitrogens with one attached hydrogen (secondary N) is 3. The maximum atomic E-state index is 13.2. The zero-order valence-electron chi connectivity index (χ0n) is 14.1. The van der Waals surface area contributed by atoms with Crippen LogP contribution in [0.2, 0.25) is 0 Å². The average Bonchev–Trinajstić information content (AvgIpc) is 3.35. The Balaban J connectivity index is 1.55. The summed E-state index contributed by atoms with van der Waals surface area (Å²) in [5, 5.41) is 8.00. The highest BCUT2D eigenvalue weighted by atomic mass is 19.1. The molecule has 3 rings (SSSR count). The minimum atomic E-state index is -0.438. The Hall–Kier alpha value is -3.22. The minimum absolute atomic E-state index is 0.204. The first-order chi connectivity index (χ1) is 12.4. The van der Waals surface area contributed by atoms with E-state index in [2.05, 4.69) is 16.0 Å². The van der Waals surface area contributed by atoms with Gasteiger partial charge < -0.3 is 16.0 Å². The normalized spacial score (nSPS) is 17.9. The lowest BCUT2D eigenvalue weighted by molar-refractivity contribution is -0.122. The summed E-state index contributed by atoms with van der Waals surface area (Å²) in [7, 11) is 0. The number of hydrogen-bond donors (Lipinski definition) is 3. The standard InChI is InChI=1S/C19H18FN3O3/c1-11(24)21-14-6-3-7-15(9-14)23-19(26)17-10-16(17)18(25)22-13-5-2-4-12(20)8-13/h2-9,16-17H,10H2,1H3,(H,21,24)(H,22,25)(H,23,26). The molecule has 0 aliphatic heterocycles. The van der Waals surface area contributed by atoms with Crippen LogP contribution in [0, 0.1) is 17.7 Å². The zero-order valence-corrected chi connectivity index (χ0v) is 14.1. The summed E-state index contributed by atoms with van der Waals surface area (Å²) in [5.41, 5.74) is 1.48. The first kappa shape index (κ1) is 17.6. The van der Waals surface area contributed by atoms with Gasteiger partial charge in [0.1, 0.15) is 5.82 Å². The van der Waals surface area contributed by atoms with Crippen LogP contribution >= 0.6 is 0 Å². The molecule has 0 saturated heterocycles. The molecule has 2 unspecified atom stereocenters. The van der Waals surface area contributed by atoms with E-state index in [1.807, 2.05) is 0 Å². The van der Waals surface area contributed by atoms with Crippen LogP contribution in [-0.2, 0) is 14.4 Å². The van der Waals surface area contributed by atoms with Crippen LogP contribution in [0.5, 0.6) is 0 Å². The summed E-state index contributed by atoms with van der Waals surface area (Å²) in [6, 6.07) is 12.4. The lowest BCUT2D eigenvalue weighted by atomic mass is 10.2. The molecule has 1 aliphatic rings. The van der Waals surface area contributed by atoms with E-state index in [4.69, 9.17) is 0 Å². The van der Waals surface area contributed by atoms with Crippen molar-refractivity contribution in [3.05, 3.63) is 54.3 Å². The van der Waals surface area contributed by atoms with Gasteiger partial charge in [0.2, 0.25) is 17.7 Å². The van der Waals surface area contributed by atoms with Gasteiger partial charge in [-0.1, -0.05) is 12.1 Å². The molecule has 0 heterocycles. The fourth-order valence-electron chi connectivity index (χ4n) is 2.69. The van der Waals surface area contributed by atoms with E-state index in [1.165, 1.54) is 25.1 Å². The van der Waals surface area contributed by atoms with Gasteiger partial charge in [0, 0.05) is 24.0 Å². The van der Waals surface area contributed by atoms with E-state index in [-0.39, 0.29) is 17.7 Å². The number of halogens is 1. The molecular weight excluding hydrogens is 337 g/mol. The molecule has 0 radical (unpaired) electrons. The number of carbonyl (C=O) groups excluding carboxylic acids is 3. The molecular formula is C19H18FN3O3. The summed E-state index contributed by atoms with van der Waals surface area (Å²) >= 11 is 0. The third-order valence-corrected chi connectivity index (χ3v) is 4.01. The smallest absolute Gasteiger partial charge is 0.228 e. The molecule has 0 bridgehead atoms. The van der Waals surface area contributed by atoms with E-state index in [0.717, 1.165) is 0 Å². The van der Waals surface area contributed by atoms with Crippen molar-refractivity contribution < 1.29 is 18.8 Å². The van der Waals surface area contributed by atoms with Gasteiger partial charge in [-0.25, -0.2) is 4.39 Å². The topological polar surface area (TPSA) is 87.3 Å². The summed E-state index contributed by atoms with van der Waals surface area (Å²) in [5.74, 6) is -2.06. The van der Waals surface area contributed by atoms with E-state index in [9.17, 15) is 18.8 Å². The Kier molecular flexibility index (Phi) is 4.97. The summed E-state index contributed by atoms with van der Waals surface area (Å²) in [4.78, 5) is 35.5. The highest BCUT2D eigenvalue weighted by molar-refractivity contribution is 6.03. The predicted molar refractivity (Wildman–Crippen MR) is 96.0 cm³/mol. The van der Waals surface area contributed by atoms with Gasteiger partial charge in [-0.05, 0) is 42.8 Å². The van der Waals surface area contributed by atoms with Crippen molar-refractivity contribution in [2.45, 2.75) is 13.3 Å². The Labute approximate surface area is 149 Å². The van der Waals surface area contributed by atoms with Gasteiger partial charge in [0.25, 0.3) is 0 Å². The molecule has 2 aromatic rings. The fourth-order valence-corrected chi connectivity index (χ4v) is 2.69. The molecule has 1 fully saturated rings. The van der Waals surface area contributed by atoms with E-state index < -0.39 is 17.7 Å². The molecule has 0 spiro atoms. The lowest BCUT2D eigenvalue weighted by Crippen LogP contribution is -2.20. The third kappa shape index (κ3) is 4.44. The van der Waals surface area contributed by atoms with Crippen molar-refractivity contribution in [3.63, 3.8) is 0 Å². The number of carbonyl (C=O) groups is 3. The van der Waals surface area contributed by atoms with E-state index in [0.29, 0.717) is 23.5 Å². The second-order valence-electron chi connectivity index (χ2n) is 6.20. The van der Waals surface area contributed by atoms with Crippen molar-refractivity contribution in [1.29, 1.82) is 0 Å². The van der Waals surface area contributed by atoms with Crippen molar-refractivity contribution in [1.82, 2.24) is 0 Å². The second-order valence-corrected chi connectivity index (χ2v) is 6.20. The van der Waals surface area contributed by atoms with Crippen LogP contribution < -0.4 is 16.0 Å². The van der Waals surface area contributed by atoms with Crippen LogP contribution in [0.1, 0.15) is 13.3 Å². The van der Waals surface area contributed by atoms with E-state index >= 15 is 0 Å². The summed E-state index contributed by atoms with van der Waals surface area (Å²) < 4.78 is 13.2. The van der Waals surface area contributed by atoms with Crippen molar-refractivity contribution >= 4 is 34.8 Å². The quantitative estimate of drug-likeness (QED) is 0.770. The molecule has 2 aromatic carbocycles. The van der Waals surface area contributed by atoms with Crippen LogP contribution in [0.15, 0.2) is 48.5 Å². The molecule has 2 atom stereocenters. The lowest BCUT2D eigenvalue weighted by Gasteiger charge is -2.08. The highest BCUT2D eigenvalue weighted by Gasteiger charge is 2.48. The molecule has 134 valence electrons. The number of rotatable bonds is 5. The summed E-state index contributed by atoms with van der Waals surface area (Å²) in [6.45, 7) is 1.40. The highest BCUT2D eigenvalue weighted by Crippen LogP contribution is 2.40. The number of benzene rings is 2. The predicted octanol–water partition coefficient (Wildman–Crippen LogP) is 3.00. The molecule has 26 heavy (non-hydrogen) atoms. The number of amides is 3. The molecule has 3 N–H and O–H groups in total. The van der Waals surface area contributed by atoms with Crippen LogP contribution in [0.4, 0.5) is 21.5 Å². The minimum Gasteiger partial charge on any atom is -0.326 e. The van der Waals surface area contributed by atoms with Crippen molar-refractivity contribution in [2.24, 2.45) is 11.8 Å². The average molecular weight is 355 g/mol. The summed E-state index contributed by atoms with van der Waals surface area (Å²) in [6.07, 6.45) is 0.443. The van der Waals surface area contributed by atoms with Gasteiger partial charge >= 0.3 is 0 Å². The number of anilines is 3. The maximum absolute atomic E-state index is 13.2. The van der Waals surface area contributed by atoms with E-state index in [1.54, 1.807) is 30.3 Å². The monoisotopic (exact) mass is 355 g/mol. The van der Waals surface area contributed by atoms with Gasteiger partial charge in [0.05, 0.1) is 11.8 Å². The Bertz CT molecular complexity index is 869. The molecule has 6 nitrogen and oxygen atoms in total. The first-order valence-electron chi connectivity index (χ1n) is 8.17. The van der Waals surface area contributed by atoms with Crippen LogP contribution in [0.25, 0.3) is 0 Å². The van der Waals surface area contributed by atoms with Crippen molar-refractivity contribution in [3.8, 4) is 0 Å². The fraction of sp³-hybridized carbons (Fsp3) is 0.211. The van der Waals surface area contributed by atoms with Gasteiger partial charge in [-0.15, -0.1) is 0 Å². The Morgan fingerprint density at radius 2 is 1.35 bits per heavy atom. The molecule has 0 aromatic heterocycles. The Morgan fingerprint density at radius 3 is 1.88 bits per heavy atom. The largest absolute Gasteiger partial charge is 0.326 e. The van der Waals surface area contributed by atoms with Crippen molar-refractivity contribution in [2.75, 3.05) is 16.0 Å². The number of hydrogen-bond acceptors (Lipinski definition) is 3. The third-order valence-electron chi connectivity index (χ3n) is 4.01. The molecule has 7 heteroatoms. The second kappa shape index (κ2) is 7.35. The van der Waals surface area contributed by atoms with Crippen LogP contribution in [0.3, 0.4) is 0 Å². The zero-order chi connectivity index (χ0) is 18.7.